The van der Waals surface area contributed by atoms with Crippen LogP contribution < -0.4 is 14.8 Å². The minimum absolute atomic E-state index is 0.0159. The molecule has 1 unspecified atom stereocenters. The van der Waals surface area contributed by atoms with Crippen molar-refractivity contribution in [3.8, 4) is 11.5 Å². The second-order valence-corrected chi connectivity index (χ2v) is 7.96. The normalized spacial score (nSPS) is 18.1. The molecule has 0 spiro atoms. The zero-order valence-corrected chi connectivity index (χ0v) is 18.1. The number of methoxy groups -OCH3 is 1. The van der Waals surface area contributed by atoms with Crippen molar-refractivity contribution in [3.05, 3.63) is 59.7 Å². The molecule has 1 atom stereocenters. The summed E-state index contributed by atoms with van der Waals surface area (Å²) < 4.78 is 11.4. The maximum absolute atomic E-state index is 12.7. The van der Waals surface area contributed by atoms with E-state index in [2.05, 4.69) is 5.32 Å². The average molecular weight is 437 g/mol. The first kappa shape index (κ1) is 21.7. The molecule has 0 radical (unpaired) electrons. The smallest absolute Gasteiger partial charge is 0.324 e. The summed E-state index contributed by atoms with van der Waals surface area (Å²) in [5.41, 5.74) is 2.04. The Kier molecular flexibility index (Phi) is 6.58. The quantitative estimate of drug-likeness (QED) is 0.641. The van der Waals surface area contributed by atoms with Gasteiger partial charge in [-0.25, -0.2) is 4.79 Å². The van der Waals surface area contributed by atoms with Crippen molar-refractivity contribution in [2.45, 2.75) is 31.9 Å². The van der Waals surface area contributed by atoms with Crippen molar-refractivity contribution in [2.24, 2.45) is 0 Å². The van der Waals surface area contributed by atoms with Gasteiger partial charge in [0.05, 0.1) is 19.7 Å². The first-order valence-corrected chi connectivity index (χ1v) is 10.8. The summed E-state index contributed by atoms with van der Waals surface area (Å²) in [4.78, 5) is 39.5. The number of benzene rings is 2. The number of likely N-dealkylation sites (tertiary alicyclic amines) is 1. The molecule has 4 amide bonds. The van der Waals surface area contributed by atoms with E-state index in [9.17, 15) is 14.4 Å². The highest BCUT2D eigenvalue weighted by molar-refractivity contribution is 6.02. The summed E-state index contributed by atoms with van der Waals surface area (Å²) in [6.45, 7) is 1.41. The molecule has 2 aliphatic heterocycles. The van der Waals surface area contributed by atoms with Crippen LogP contribution in [0.1, 0.15) is 24.0 Å². The van der Waals surface area contributed by atoms with Gasteiger partial charge in [-0.1, -0.05) is 36.4 Å². The summed E-state index contributed by atoms with van der Waals surface area (Å²) >= 11 is 0. The summed E-state index contributed by atoms with van der Waals surface area (Å²) in [5, 5.41) is 2.53. The number of urea groups is 1. The number of ether oxygens (including phenoxy) is 2. The number of hydrogen-bond acceptors (Lipinski definition) is 5. The number of hydrogen-bond donors (Lipinski definition) is 1. The molecule has 2 aromatic rings. The van der Waals surface area contributed by atoms with E-state index in [1.54, 1.807) is 12.0 Å². The lowest BCUT2D eigenvalue weighted by Crippen LogP contribution is -2.42. The molecule has 0 aromatic heterocycles. The molecule has 2 aromatic carbocycles. The lowest BCUT2D eigenvalue weighted by Gasteiger charge is -2.21. The number of carbonyl (C=O) groups excluding carboxylic acids is 3. The van der Waals surface area contributed by atoms with Crippen molar-refractivity contribution >= 4 is 17.8 Å². The fourth-order valence-electron chi connectivity index (χ4n) is 4.12. The highest BCUT2D eigenvalue weighted by Crippen LogP contribution is 2.29. The standard InChI is InChI=1S/C24H27N3O5/c1-31-20-9-7-17(13-21(20)32-16-18-5-3-2-4-6-18)8-10-22(28)26-12-11-19(15-26)27-23(29)14-25-24(27)30/h2-7,9,13,19H,8,10-12,14-16H2,1H3,(H,25,30). The van der Waals surface area contributed by atoms with E-state index in [4.69, 9.17) is 9.47 Å². The molecule has 2 aliphatic rings. The minimum Gasteiger partial charge on any atom is -0.493 e. The SMILES string of the molecule is COc1ccc(CCC(=O)N2CCC(N3C(=O)CNC3=O)C2)cc1OCc1ccccc1. The predicted octanol–water partition coefficient (Wildman–Crippen LogP) is 2.36. The number of carbonyl (C=O) groups is 3. The van der Waals surface area contributed by atoms with Crippen molar-refractivity contribution in [3.63, 3.8) is 0 Å². The minimum atomic E-state index is -0.365. The van der Waals surface area contributed by atoms with Gasteiger partial charge in [-0.2, -0.15) is 0 Å². The van der Waals surface area contributed by atoms with Crippen molar-refractivity contribution in [1.82, 2.24) is 15.1 Å². The molecule has 4 rings (SSSR count). The Balaban J connectivity index is 1.32. The van der Waals surface area contributed by atoms with Gasteiger partial charge in [0, 0.05) is 19.5 Å². The second-order valence-electron chi connectivity index (χ2n) is 7.96. The number of nitrogens with one attached hydrogen (secondary N) is 1. The van der Waals surface area contributed by atoms with E-state index < -0.39 is 0 Å². The second kappa shape index (κ2) is 9.72. The molecule has 8 heteroatoms. The van der Waals surface area contributed by atoms with Crippen LogP contribution in [0.25, 0.3) is 0 Å². The van der Waals surface area contributed by atoms with Gasteiger partial charge in [-0.05, 0) is 36.1 Å². The highest BCUT2D eigenvalue weighted by atomic mass is 16.5. The molecule has 1 N–H and O–H groups in total. The van der Waals surface area contributed by atoms with Crippen LogP contribution in [-0.4, -0.2) is 60.4 Å². The molecular weight excluding hydrogens is 410 g/mol. The van der Waals surface area contributed by atoms with E-state index in [1.165, 1.54) is 4.90 Å². The van der Waals surface area contributed by atoms with Crippen molar-refractivity contribution < 1.29 is 23.9 Å². The van der Waals surface area contributed by atoms with Gasteiger partial charge in [0.25, 0.3) is 0 Å². The third kappa shape index (κ3) is 4.85. The van der Waals surface area contributed by atoms with Gasteiger partial charge in [0.15, 0.2) is 11.5 Å². The molecule has 0 bridgehead atoms. The van der Waals surface area contributed by atoms with E-state index in [1.807, 2.05) is 48.5 Å². The Morgan fingerprint density at radius 3 is 2.62 bits per heavy atom. The number of amides is 4. The summed E-state index contributed by atoms with van der Waals surface area (Å²) in [7, 11) is 1.60. The molecule has 2 fully saturated rings. The number of imide groups is 1. The van der Waals surface area contributed by atoms with Gasteiger partial charge in [0.1, 0.15) is 6.61 Å². The summed E-state index contributed by atoms with van der Waals surface area (Å²) in [5.74, 6) is 1.07. The Bertz CT molecular complexity index is 978. The Morgan fingerprint density at radius 2 is 1.91 bits per heavy atom. The molecule has 0 saturated carbocycles. The van der Waals surface area contributed by atoms with Gasteiger partial charge in [-0.3, -0.25) is 14.5 Å². The molecule has 2 heterocycles. The van der Waals surface area contributed by atoms with Crippen molar-refractivity contribution in [1.29, 1.82) is 0 Å². The largest absolute Gasteiger partial charge is 0.493 e. The molecule has 2 saturated heterocycles. The van der Waals surface area contributed by atoms with Crippen LogP contribution in [0, 0.1) is 0 Å². The van der Waals surface area contributed by atoms with Crippen LogP contribution in [0.2, 0.25) is 0 Å². The molecular formula is C24H27N3O5. The fourth-order valence-corrected chi connectivity index (χ4v) is 4.12. The Morgan fingerprint density at radius 1 is 1.09 bits per heavy atom. The van der Waals surface area contributed by atoms with E-state index in [0.717, 1.165) is 11.1 Å². The third-order valence-electron chi connectivity index (χ3n) is 5.85. The van der Waals surface area contributed by atoms with Crippen LogP contribution in [0.4, 0.5) is 4.79 Å². The number of rotatable bonds is 8. The molecule has 0 aliphatic carbocycles. The van der Waals surface area contributed by atoms with E-state index in [0.29, 0.717) is 50.5 Å². The van der Waals surface area contributed by atoms with Gasteiger partial charge >= 0.3 is 6.03 Å². The average Bonchev–Trinajstić information content (AvgIpc) is 3.43. The lowest BCUT2D eigenvalue weighted by molar-refractivity contribution is -0.131. The summed E-state index contributed by atoms with van der Waals surface area (Å²) in [6.07, 6.45) is 1.52. The van der Waals surface area contributed by atoms with Crippen LogP contribution in [0.15, 0.2) is 48.5 Å². The van der Waals surface area contributed by atoms with Crippen LogP contribution in [0.3, 0.4) is 0 Å². The highest BCUT2D eigenvalue weighted by Gasteiger charge is 2.39. The zero-order chi connectivity index (χ0) is 22.5. The van der Waals surface area contributed by atoms with Crippen molar-refractivity contribution in [2.75, 3.05) is 26.7 Å². The fraction of sp³-hybridized carbons (Fsp3) is 0.375. The first-order chi connectivity index (χ1) is 15.5. The Labute approximate surface area is 187 Å². The van der Waals surface area contributed by atoms with Gasteiger partial charge in [-0.15, -0.1) is 0 Å². The first-order valence-electron chi connectivity index (χ1n) is 10.8. The Hall–Kier alpha value is -3.55. The summed E-state index contributed by atoms with van der Waals surface area (Å²) in [6, 6.07) is 15.0. The molecule has 32 heavy (non-hydrogen) atoms. The maximum atomic E-state index is 12.7. The zero-order valence-electron chi connectivity index (χ0n) is 18.1. The van der Waals surface area contributed by atoms with Gasteiger partial charge < -0.3 is 19.7 Å². The lowest BCUT2D eigenvalue weighted by atomic mass is 10.1. The van der Waals surface area contributed by atoms with Crippen LogP contribution in [-0.2, 0) is 22.6 Å². The monoisotopic (exact) mass is 437 g/mol. The van der Waals surface area contributed by atoms with Gasteiger partial charge in [0.2, 0.25) is 11.8 Å². The van der Waals surface area contributed by atoms with E-state index >= 15 is 0 Å². The van der Waals surface area contributed by atoms with Crippen LogP contribution in [0.5, 0.6) is 11.5 Å². The number of nitrogens with zero attached hydrogens (tertiary/aromatic N) is 2. The maximum Gasteiger partial charge on any atom is 0.324 e. The van der Waals surface area contributed by atoms with E-state index in [-0.39, 0.29) is 30.4 Å². The predicted molar refractivity (Wildman–Crippen MR) is 117 cm³/mol. The molecule has 168 valence electrons. The topological polar surface area (TPSA) is 88.2 Å². The number of aryl methyl sites for hydroxylation is 1. The molecule has 8 nitrogen and oxygen atoms in total. The third-order valence-corrected chi connectivity index (χ3v) is 5.85. The van der Waals surface area contributed by atoms with Crippen LogP contribution >= 0.6 is 0 Å².